The van der Waals surface area contributed by atoms with E-state index in [1.165, 1.54) is 35.6 Å². The molecule has 2 atom stereocenters. The summed E-state index contributed by atoms with van der Waals surface area (Å²) in [6.45, 7) is 4.62. The van der Waals surface area contributed by atoms with E-state index in [9.17, 15) is 18.0 Å². The third-order valence-corrected chi connectivity index (χ3v) is 9.65. The van der Waals surface area contributed by atoms with Gasteiger partial charge in [0.15, 0.2) is 0 Å². The summed E-state index contributed by atoms with van der Waals surface area (Å²) in [6.07, 6.45) is 5.38. The van der Waals surface area contributed by atoms with E-state index in [1.54, 1.807) is 4.31 Å². The van der Waals surface area contributed by atoms with Crippen molar-refractivity contribution in [3.05, 3.63) is 45.8 Å². The summed E-state index contributed by atoms with van der Waals surface area (Å²) >= 11 is 1.41. The Hall–Kier alpha value is -2.23. The van der Waals surface area contributed by atoms with Gasteiger partial charge in [-0.1, -0.05) is 13.3 Å². The third kappa shape index (κ3) is 4.33. The first-order valence-corrected chi connectivity index (χ1v) is 13.3. The van der Waals surface area contributed by atoms with Crippen LogP contribution in [0.3, 0.4) is 0 Å². The fraction of sp³-hybridized carbons (Fsp3) is 0.478. The van der Waals surface area contributed by atoms with Crippen molar-refractivity contribution in [2.45, 2.75) is 63.3 Å². The number of rotatable bonds is 5. The predicted octanol–water partition coefficient (Wildman–Crippen LogP) is 3.79. The summed E-state index contributed by atoms with van der Waals surface area (Å²) in [7, 11) is -3.60. The van der Waals surface area contributed by atoms with Crippen molar-refractivity contribution in [3.8, 4) is 0 Å². The van der Waals surface area contributed by atoms with Gasteiger partial charge in [-0.15, -0.1) is 11.3 Å². The number of piperidine rings is 1. The molecule has 2 aromatic rings. The van der Waals surface area contributed by atoms with Gasteiger partial charge in [0.1, 0.15) is 5.00 Å². The van der Waals surface area contributed by atoms with Gasteiger partial charge in [-0.25, -0.2) is 8.42 Å². The summed E-state index contributed by atoms with van der Waals surface area (Å²) in [6, 6.07) is 5.94. The minimum absolute atomic E-state index is 0.0310. The van der Waals surface area contributed by atoms with Crippen LogP contribution in [0.5, 0.6) is 0 Å². The lowest BCUT2D eigenvalue weighted by Crippen LogP contribution is -2.41. The van der Waals surface area contributed by atoms with E-state index in [2.05, 4.69) is 12.2 Å². The van der Waals surface area contributed by atoms with Crippen LogP contribution in [0.15, 0.2) is 29.2 Å². The molecule has 1 aromatic heterocycles. The SMILES string of the molecule is C[C@H]1CCc2c(sc(NC(=O)c3ccc(S(=O)(=O)N4CCCC[C@@H]4C)cc3)c2C(N)=O)C1. The minimum Gasteiger partial charge on any atom is -0.365 e. The van der Waals surface area contributed by atoms with Crippen LogP contribution in [0, 0.1) is 5.92 Å². The summed E-state index contributed by atoms with van der Waals surface area (Å²) in [5, 5.41) is 3.30. The van der Waals surface area contributed by atoms with E-state index < -0.39 is 21.8 Å². The van der Waals surface area contributed by atoms with Gasteiger partial charge in [-0.05, 0) is 74.8 Å². The molecule has 9 heteroatoms. The summed E-state index contributed by atoms with van der Waals surface area (Å²) in [4.78, 5) is 26.2. The second-order valence-electron chi connectivity index (χ2n) is 8.86. The Morgan fingerprint density at radius 3 is 2.50 bits per heavy atom. The van der Waals surface area contributed by atoms with Crippen LogP contribution in [0.1, 0.15) is 70.7 Å². The fourth-order valence-corrected chi connectivity index (χ4v) is 7.73. The van der Waals surface area contributed by atoms with Gasteiger partial charge >= 0.3 is 0 Å². The van der Waals surface area contributed by atoms with Crippen LogP contribution in [-0.4, -0.2) is 37.1 Å². The molecular weight excluding hydrogens is 446 g/mol. The molecule has 2 aliphatic rings. The smallest absolute Gasteiger partial charge is 0.256 e. The van der Waals surface area contributed by atoms with Crippen LogP contribution < -0.4 is 11.1 Å². The van der Waals surface area contributed by atoms with Crippen molar-refractivity contribution in [2.75, 3.05) is 11.9 Å². The van der Waals surface area contributed by atoms with Crippen LogP contribution in [0.2, 0.25) is 0 Å². The quantitative estimate of drug-likeness (QED) is 0.686. The normalized spacial score (nSPS) is 21.7. The highest BCUT2D eigenvalue weighted by Gasteiger charge is 2.31. The van der Waals surface area contributed by atoms with Gasteiger partial charge < -0.3 is 11.1 Å². The first-order chi connectivity index (χ1) is 15.2. The number of primary amides is 1. The van der Waals surface area contributed by atoms with Gasteiger partial charge in [0, 0.05) is 23.0 Å². The molecule has 2 amide bonds. The maximum absolute atomic E-state index is 13.0. The zero-order valence-corrected chi connectivity index (χ0v) is 20.0. The van der Waals surface area contributed by atoms with Gasteiger partial charge in [-0.3, -0.25) is 9.59 Å². The summed E-state index contributed by atoms with van der Waals surface area (Å²) in [5.74, 6) is -0.401. The zero-order chi connectivity index (χ0) is 23.0. The number of sulfonamides is 1. The van der Waals surface area contributed by atoms with Gasteiger partial charge in [0.25, 0.3) is 11.8 Å². The molecule has 4 rings (SSSR count). The zero-order valence-electron chi connectivity index (χ0n) is 18.4. The van der Waals surface area contributed by atoms with E-state index >= 15 is 0 Å². The largest absolute Gasteiger partial charge is 0.365 e. The third-order valence-electron chi connectivity index (χ3n) is 6.45. The molecule has 1 fully saturated rings. The molecule has 1 aliphatic heterocycles. The molecule has 0 unspecified atom stereocenters. The van der Waals surface area contributed by atoms with E-state index in [1.807, 2.05) is 6.92 Å². The van der Waals surface area contributed by atoms with Crippen molar-refractivity contribution < 1.29 is 18.0 Å². The molecule has 7 nitrogen and oxygen atoms in total. The molecule has 32 heavy (non-hydrogen) atoms. The lowest BCUT2D eigenvalue weighted by molar-refractivity contribution is 0.1000. The Morgan fingerprint density at radius 2 is 1.84 bits per heavy atom. The first kappa shape index (κ1) is 22.9. The minimum atomic E-state index is -3.60. The van der Waals surface area contributed by atoms with Crippen LogP contribution in [-0.2, 0) is 22.9 Å². The lowest BCUT2D eigenvalue weighted by atomic mass is 9.88. The standard InChI is InChI=1S/C23H29N3O4S2/c1-14-6-11-18-19(13-14)31-23(20(18)21(24)27)25-22(28)16-7-9-17(10-8-16)32(29,30)26-12-4-3-5-15(26)2/h7-10,14-15H,3-6,11-13H2,1-2H3,(H2,24,27)(H,25,28)/t14-,15-/m0/s1. The van der Waals surface area contributed by atoms with Crippen molar-refractivity contribution in [1.29, 1.82) is 0 Å². The molecular formula is C23H29N3O4S2. The van der Waals surface area contributed by atoms with Gasteiger partial charge in [-0.2, -0.15) is 4.31 Å². The van der Waals surface area contributed by atoms with Crippen LogP contribution in [0.25, 0.3) is 0 Å². The second kappa shape index (κ2) is 8.96. The Kier molecular flexibility index (Phi) is 6.42. The number of anilines is 1. The van der Waals surface area contributed by atoms with Gasteiger partial charge in [0.2, 0.25) is 10.0 Å². The topological polar surface area (TPSA) is 110 Å². The first-order valence-electron chi connectivity index (χ1n) is 11.1. The molecule has 172 valence electrons. The van der Waals surface area contributed by atoms with Crippen molar-refractivity contribution in [2.24, 2.45) is 11.7 Å². The highest BCUT2D eigenvalue weighted by atomic mass is 32.2. The monoisotopic (exact) mass is 475 g/mol. The Balaban J connectivity index is 1.55. The maximum atomic E-state index is 13.0. The Labute approximate surface area is 193 Å². The molecule has 1 saturated heterocycles. The number of nitrogens with two attached hydrogens (primary N) is 1. The lowest BCUT2D eigenvalue weighted by Gasteiger charge is -2.32. The second-order valence-corrected chi connectivity index (χ2v) is 11.9. The molecule has 3 N–H and O–H groups in total. The van der Waals surface area contributed by atoms with Crippen LogP contribution >= 0.6 is 11.3 Å². The molecule has 2 heterocycles. The fourth-order valence-electron chi connectivity index (χ4n) is 4.62. The number of amides is 2. The molecule has 0 saturated carbocycles. The summed E-state index contributed by atoms with van der Waals surface area (Å²) < 4.78 is 27.6. The number of carbonyl (C=O) groups excluding carboxylic acids is 2. The predicted molar refractivity (Wildman–Crippen MR) is 126 cm³/mol. The van der Waals surface area contributed by atoms with E-state index in [0.29, 0.717) is 28.6 Å². The van der Waals surface area contributed by atoms with Crippen LogP contribution in [0.4, 0.5) is 5.00 Å². The maximum Gasteiger partial charge on any atom is 0.256 e. The highest BCUT2D eigenvalue weighted by Crippen LogP contribution is 2.39. The number of nitrogens with one attached hydrogen (secondary N) is 1. The Morgan fingerprint density at radius 1 is 1.12 bits per heavy atom. The van der Waals surface area contributed by atoms with Crippen molar-refractivity contribution in [3.63, 3.8) is 0 Å². The molecule has 0 bridgehead atoms. The number of benzene rings is 1. The van der Waals surface area contributed by atoms with Gasteiger partial charge in [0.05, 0.1) is 10.5 Å². The molecule has 1 aliphatic carbocycles. The number of hydrogen-bond donors (Lipinski definition) is 2. The number of carbonyl (C=O) groups is 2. The average Bonchev–Trinajstić information content (AvgIpc) is 3.11. The highest BCUT2D eigenvalue weighted by molar-refractivity contribution is 7.89. The summed E-state index contributed by atoms with van der Waals surface area (Å²) in [5.41, 5.74) is 7.31. The number of thiophene rings is 1. The number of fused-ring (bicyclic) bond motifs is 1. The number of hydrogen-bond acceptors (Lipinski definition) is 5. The number of nitrogens with zero attached hydrogens (tertiary/aromatic N) is 1. The molecule has 1 aromatic carbocycles. The van der Waals surface area contributed by atoms with Crippen molar-refractivity contribution in [1.82, 2.24) is 4.31 Å². The molecule has 0 radical (unpaired) electrons. The molecule has 0 spiro atoms. The van der Waals surface area contributed by atoms with E-state index in [0.717, 1.165) is 49.0 Å². The van der Waals surface area contributed by atoms with E-state index in [4.69, 9.17) is 5.73 Å². The van der Waals surface area contributed by atoms with E-state index in [-0.39, 0.29) is 10.9 Å². The van der Waals surface area contributed by atoms with Crippen molar-refractivity contribution >= 4 is 38.2 Å². The Bertz CT molecular complexity index is 1140. The average molecular weight is 476 g/mol.